The van der Waals surface area contributed by atoms with Crippen LogP contribution in [-0.4, -0.2) is 42.7 Å². The smallest absolute Gasteiger partial charge is 0.120 e. The first kappa shape index (κ1) is 15.8. The summed E-state index contributed by atoms with van der Waals surface area (Å²) in [4.78, 5) is 2.53. The van der Waals surface area contributed by atoms with Gasteiger partial charge in [0.1, 0.15) is 12.4 Å². The quantitative estimate of drug-likeness (QED) is 0.889. The molecule has 112 valence electrons. The lowest BCUT2D eigenvalue weighted by Gasteiger charge is -2.44. The number of halogens is 1. The Hall–Kier alpha value is -0.580. The molecular weight excluding hydrogens is 316 g/mol. The molecule has 1 aliphatic rings. The molecule has 1 aliphatic heterocycles. The van der Waals surface area contributed by atoms with Gasteiger partial charge < -0.3 is 10.1 Å². The highest BCUT2D eigenvalue weighted by Crippen LogP contribution is 2.20. The van der Waals surface area contributed by atoms with Gasteiger partial charge in [0.25, 0.3) is 0 Å². The van der Waals surface area contributed by atoms with E-state index < -0.39 is 0 Å². The third-order valence-corrected chi connectivity index (χ3v) is 4.72. The Morgan fingerprint density at radius 3 is 3.00 bits per heavy atom. The van der Waals surface area contributed by atoms with Crippen LogP contribution in [0, 0.1) is 0 Å². The van der Waals surface area contributed by atoms with Crippen LogP contribution in [0.1, 0.15) is 27.2 Å². The van der Waals surface area contributed by atoms with Crippen LogP contribution in [0.5, 0.6) is 5.75 Å². The molecule has 0 bridgehead atoms. The first-order valence-electron chi connectivity index (χ1n) is 7.40. The van der Waals surface area contributed by atoms with Crippen LogP contribution in [0.15, 0.2) is 28.7 Å². The summed E-state index contributed by atoms with van der Waals surface area (Å²) in [6, 6.07) is 8.60. The van der Waals surface area contributed by atoms with Crippen LogP contribution < -0.4 is 10.1 Å². The van der Waals surface area contributed by atoms with Crippen molar-refractivity contribution in [3.63, 3.8) is 0 Å². The lowest BCUT2D eigenvalue weighted by molar-refractivity contribution is 0.0791. The van der Waals surface area contributed by atoms with Gasteiger partial charge in [0.05, 0.1) is 0 Å². The Morgan fingerprint density at radius 2 is 2.30 bits per heavy atom. The van der Waals surface area contributed by atoms with E-state index in [2.05, 4.69) is 46.9 Å². The Morgan fingerprint density at radius 1 is 1.50 bits per heavy atom. The second-order valence-electron chi connectivity index (χ2n) is 5.92. The minimum Gasteiger partial charge on any atom is -0.492 e. The molecule has 1 saturated heterocycles. The number of hydrogen-bond donors (Lipinski definition) is 1. The number of nitrogens with zero attached hydrogens (tertiary/aromatic N) is 1. The Kier molecular flexibility index (Phi) is 5.47. The molecule has 20 heavy (non-hydrogen) atoms. The van der Waals surface area contributed by atoms with Gasteiger partial charge in [0.2, 0.25) is 0 Å². The Bertz CT molecular complexity index is 440. The molecule has 0 saturated carbocycles. The summed E-state index contributed by atoms with van der Waals surface area (Å²) in [6.45, 7) is 10.7. The molecule has 1 aromatic rings. The molecule has 1 fully saturated rings. The molecule has 2 rings (SSSR count). The maximum absolute atomic E-state index is 5.85. The van der Waals surface area contributed by atoms with E-state index in [1.54, 1.807) is 0 Å². The fourth-order valence-electron chi connectivity index (χ4n) is 2.56. The fourth-order valence-corrected chi connectivity index (χ4v) is 2.94. The number of rotatable bonds is 5. The van der Waals surface area contributed by atoms with Crippen molar-refractivity contribution in [3.05, 3.63) is 28.7 Å². The van der Waals surface area contributed by atoms with Crippen LogP contribution in [0.4, 0.5) is 0 Å². The van der Waals surface area contributed by atoms with Crippen LogP contribution in [0.3, 0.4) is 0 Å². The molecular formula is C16H25BrN2O. The molecule has 2 atom stereocenters. The Balaban J connectivity index is 1.83. The predicted molar refractivity (Wildman–Crippen MR) is 87.4 cm³/mol. The molecule has 0 radical (unpaired) electrons. The monoisotopic (exact) mass is 340 g/mol. The molecule has 0 spiro atoms. The average molecular weight is 341 g/mol. The van der Waals surface area contributed by atoms with Gasteiger partial charge in [0.15, 0.2) is 0 Å². The maximum atomic E-state index is 5.85. The van der Waals surface area contributed by atoms with Crippen molar-refractivity contribution in [2.24, 2.45) is 0 Å². The van der Waals surface area contributed by atoms with Crippen molar-refractivity contribution >= 4 is 15.9 Å². The van der Waals surface area contributed by atoms with Gasteiger partial charge in [-0.1, -0.05) is 28.9 Å². The molecule has 0 aromatic heterocycles. The van der Waals surface area contributed by atoms with Crippen molar-refractivity contribution in [1.29, 1.82) is 0 Å². The highest BCUT2D eigenvalue weighted by molar-refractivity contribution is 9.10. The van der Waals surface area contributed by atoms with Gasteiger partial charge in [-0.05, 0) is 38.5 Å². The zero-order chi connectivity index (χ0) is 14.6. The molecule has 1 heterocycles. The summed E-state index contributed by atoms with van der Waals surface area (Å²) in [6.07, 6.45) is 1.16. The molecule has 4 heteroatoms. The summed E-state index contributed by atoms with van der Waals surface area (Å²) in [5.74, 6) is 0.931. The summed E-state index contributed by atoms with van der Waals surface area (Å²) >= 11 is 3.47. The summed E-state index contributed by atoms with van der Waals surface area (Å²) in [5.41, 5.74) is 0.238. The van der Waals surface area contributed by atoms with Gasteiger partial charge in [-0.2, -0.15) is 0 Å². The number of nitrogens with one attached hydrogen (secondary N) is 1. The van der Waals surface area contributed by atoms with Crippen LogP contribution in [0.2, 0.25) is 0 Å². The van der Waals surface area contributed by atoms with Gasteiger partial charge in [-0.15, -0.1) is 0 Å². The van der Waals surface area contributed by atoms with Crippen LogP contribution in [0.25, 0.3) is 0 Å². The second-order valence-corrected chi connectivity index (χ2v) is 6.84. The second kappa shape index (κ2) is 6.92. The number of benzene rings is 1. The zero-order valence-corrected chi connectivity index (χ0v) is 14.2. The molecule has 0 aliphatic carbocycles. The van der Waals surface area contributed by atoms with Crippen molar-refractivity contribution in [3.8, 4) is 5.75 Å². The minimum absolute atomic E-state index is 0.238. The predicted octanol–water partition coefficient (Wildman–Crippen LogP) is 3.29. The van der Waals surface area contributed by atoms with E-state index in [4.69, 9.17) is 4.74 Å². The standard InChI is InChI=1S/C16H25BrN2O/c1-4-16(3)12-19(13(2)11-18-16)8-9-20-15-7-5-6-14(17)10-15/h5-7,10,13,18H,4,8-9,11-12H2,1-3H3. The van der Waals surface area contributed by atoms with Crippen molar-refractivity contribution in [1.82, 2.24) is 10.2 Å². The largest absolute Gasteiger partial charge is 0.492 e. The molecule has 1 aromatic carbocycles. The van der Waals surface area contributed by atoms with E-state index >= 15 is 0 Å². The summed E-state index contributed by atoms with van der Waals surface area (Å²) in [5, 5.41) is 3.65. The maximum Gasteiger partial charge on any atom is 0.120 e. The average Bonchev–Trinajstić information content (AvgIpc) is 2.43. The zero-order valence-electron chi connectivity index (χ0n) is 12.7. The third-order valence-electron chi connectivity index (χ3n) is 4.22. The summed E-state index contributed by atoms with van der Waals surface area (Å²) in [7, 11) is 0. The van der Waals surface area contributed by atoms with Crippen molar-refractivity contribution in [2.75, 3.05) is 26.2 Å². The van der Waals surface area contributed by atoms with Gasteiger partial charge in [0, 0.05) is 35.7 Å². The van der Waals surface area contributed by atoms with E-state index in [-0.39, 0.29) is 5.54 Å². The lowest BCUT2D eigenvalue weighted by atomic mass is 9.94. The number of hydrogen-bond acceptors (Lipinski definition) is 3. The van der Waals surface area contributed by atoms with E-state index in [0.29, 0.717) is 6.04 Å². The SMILES string of the molecule is CCC1(C)CN(CCOc2cccc(Br)c2)C(C)CN1. The van der Waals surface area contributed by atoms with Crippen LogP contribution in [-0.2, 0) is 0 Å². The Labute approximate surface area is 130 Å². The highest BCUT2D eigenvalue weighted by atomic mass is 79.9. The first-order chi connectivity index (χ1) is 9.52. The topological polar surface area (TPSA) is 24.5 Å². The van der Waals surface area contributed by atoms with E-state index in [1.165, 1.54) is 0 Å². The highest BCUT2D eigenvalue weighted by Gasteiger charge is 2.32. The van der Waals surface area contributed by atoms with E-state index in [1.807, 2.05) is 24.3 Å². The molecule has 3 nitrogen and oxygen atoms in total. The normalized spacial score (nSPS) is 27.5. The third kappa shape index (κ3) is 4.21. The van der Waals surface area contributed by atoms with E-state index in [0.717, 1.165) is 42.9 Å². The van der Waals surface area contributed by atoms with Crippen molar-refractivity contribution < 1.29 is 4.74 Å². The number of piperazine rings is 1. The first-order valence-corrected chi connectivity index (χ1v) is 8.19. The minimum atomic E-state index is 0.238. The fraction of sp³-hybridized carbons (Fsp3) is 0.625. The van der Waals surface area contributed by atoms with E-state index in [9.17, 15) is 0 Å². The molecule has 1 N–H and O–H groups in total. The van der Waals surface area contributed by atoms with Gasteiger partial charge in [-0.25, -0.2) is 0 Å². The van der Waals surface area contributed by atoms with Crippen LogP contribution >= 0.6 is 15.9 Å². The summed E-state index contributed by atoms with van der Waals surface area (Å²) < 4.78 is 6.91. The van der Waals surface area contributed by atoms with Gasteiger partial charge in [-0.3, -0.25) is 4.90 Å². The lowest BCUT2D eigenvalue weighted by Crippen LogP contribution is -2.62. The van der Waals surface area contributed by atoms with Gasteiger partial charge >= 0.3 is 0 Å². The number of ether oxygens (including phenoxy) is 1. The van der Waals surface area contributed by atoms with Crippen molar-refractivity contribution in [2.45, 2.75) is 38.8 Å². The molecule has 0 amide bonds. The molecule has 2 unspecified atom stereocenters.